The quantitative estimate of drug-likeness (QED) is 0.705. The van der Waals surface area contributed by atoms with Crippen LogP contribution in [0.25, 0.3) is 0 Å². The molecule has 0 fully saturated rings. The lowest BCUT2D eigenvalue weighted by molar-refractivity contribution is 0.428. The van der Waals surface area contributed by atoms with Crippen molar-refractivity contribution in [3.05, 3.63) is 24.2 Å². The number of nitrogens with one attached hydrogen (secondary N) is 1. The van der Waals surface area contributed by atoms with Gasteiger partial charge in [-0.25, -0.2) is 0 Å². The smallest absolute Gasteiger partial charge is 0.120 e. The van der Waals surface area contributed by atoms with Gasteiger partial charge in [0.1, 0.15) is 5.76 Å². The Labute approximate surface area is 90.5 Å². The monoisotopic (exact) mass is 213 g/mol. The second-order valence-corrected chi connectivity index (χ2v) is 4.38. The summed E-state index contributed by atoms with van der Waals surface area (Å²) in [7, 11) is 0. The minimum Gasteiger partial charge on any atom is -0.468 e. The normalized spacial score (nSPS) is 13.0. The summed E-state index contributed by atoms with van der Waals surface area (Å²) in [6, 6.07) is 4.28. The van der Waals surface area contributed by atoms with Gasteiger partial charge in [0.2, 0.25) is 0 Å². The Kier molecular flexibility index (Phi) is 5.80. The molecule has 80 valence electrons. The summed E-state index contributed by atoms with van der Waals surface area (Å²) in [5.41, 5.74) is 0. The maximum absolute atomic E-state index is 5.31. The Bertz CT molecular complexity index is 223. The molecule has 1 N–H and O–H groups in total. The molecule has 0 bridgehead atoms. The molecular weight excluding hydrogens is 194 g/mol. The summed E-state index contributed by atoms with van der Waals surface area (Å²) in [5, 5.41) is 3.44. The van der Waals surface area contributed by atoms with Crippen molar-refractivity contribution in [2.45, 2.75) is 25.8 Å². The lowest BCUT2D eigenvalue weighted by Gasteiger charge is -2.10. The van der Waals surface area contributed by atoms with Crippen molar-refractivity contribution >= 4 is 11.8 Å². The fourth-order valence-corrected chi connectivity index (χ4v) is 1.82. The van der Waals surface area contributed by atoms with E-state index in [0.717, 1.165) is 12.3 Å². The molecule has 0 aliphatic rings. The molecule has 2 nitrogen and oxygen atoms in total. The van der Waals surface area contributed by atoms with Crippen molar-refractivity contribution in [3.8, 4) is 0 Å². The van der Waals surface area contributed by atoms with Crippen molar-refractivity contribution < 1.29 is 4.42 Å². The summed E-state index contributed by atoms with van der Waals surface area (Å²) in [4.78, 5) is 0. The fourth-order valence-electron chi connectivity index (χ4n) is 1.33. The molecule has 3 heteroatoms. The van der Waals surface area contributed by atoms with E-state index in [4.69, 9.17) is 4.42 Å². The van der Waals surface area contributed by atoms with Crippen LogP contribution in [0.4, 0.5) is 0 Å². The third kappa shape index (κ3) is 4.20. The number of unbranched alkanes of at least 4 members (excludes halogenated alkanes) is 1. The zero-order valence-corrected chi connectivity index (χ0v) is 9.77. The highest BCUT2D eigenvalue weighted by Crippen LogP contribution is 2.11. The maximum Gasteiger partial charge on any atom is 0.120 e. The summed E-state index contributed by atoms with van der Waals surface area (Å²) < 4.78 is 5.31. The summed E-state index contributed by atoms with van der Waals surface area (Å²) in [6.07, 6.45) is 6.41. The van der Waals surface area contributed by atoms with Gasteiger partial charge in [0.15, 0.2) is 0 Å². The van der Waals surface area contributed by atoms with Gasteiger partial charge in [0, 0.05) is 0 Å². The molecule has 1 aromatic heterocycles. The highest BCUT2D eigenvalue weighted by atomic mass is 32.2. The van der Waals surface area contributed by atoms with Crippen molar-refractivity contribution in [2.75, 3.05) is 18.6 Å². The molecular formula is C11H19NOS. The van der Waals surface area contributed by atoms with Gasteiger partial charge in [-0.05, 0) is 50.5 Å². The van der Waals surface area contributed by atoms with Crippen molar-refractivity contribution in [1.29, 1.82) is 0 Å². The van der Waals surface area contributed by atoms with Crippen molar-refractivity contribution in [1.82, 2.24) is 5.32 Å². The molecule has 1 rings (SSSR count). The van der Waals surface area contributed by atoms with Crippen LogP contribution in [0.5, 0.6) is 0 Å². The Hall–Kier alpha value is -0.410. The molecule has 0 aliphatic heterocycles. The fraction of sp³-hybridized carbons (Fsp3) is 0.636. The van der Waals surface area contributed by atoms with Gasteiger partial charge >= 0.3 is 0 Å². The Morgan fingerprint density at radius 2 is 2.36 bits per heavy atom. The first kappa shape index (κ1) is 11.7. The van der Waals surface area contributed by atoms with E-state index < -0.39 is 0 Å². The van der Waals surface area contributed by atoms with Crippen LogP contribution in [-0.4, -0.2) is 18.6 Å². The van der Waals surface area contributed by atoms with Crippen molar-refractivity contribution in [2.24, 2.45) is 0 Å². The molecule has 1 heterocycles. The topological polar surface area (TPSA) is 25.2 Å². The van der Waals surface area contributed by atoms with Gasteiger partial charge in [-0.3, -0.25) is 0 Å². The van der Waals surface area contributed by atoms with Gasteiger partial charge in [0.05, 0.1) is 12.3 Å². The van der Waals surface area contributed by atoms with E-state index >= 15 is 0 Å². The van der Waals surface area contributed by atoms with E-state index in [2.05, 4.69) is 18.5 Å². The Balaban J connectivity index is 2.07. The predicted octanol–water partition coefficient (Wildman–Crippen LogP) is 3.07. The molecule has 0 amide bonds. The largest absolute Gasteiger partial charge is 0.468 e. The van der Waals surface area contributed by atoms with Gasteiger partial charge < -0.3 is 9.73 Å². The molecule has 0 radical (unpaired) electrons. The van der Waals surface area contributed by atoms with Gasteiger partial charge in [-0.1, -0.05) is 0 Å². The number of rotatable bonds is 7. The highest BCUT2D eigenvalue weighted by molar-refractivity contribution is 7.98. The van der Waals surface area contributed by atoms with Gasteiger partial charge in [-0.15, -0.1) is 0 Å². The zero-order chi connectivity index (χ0) is 10.2. The lowest BCUT2D eigenvalue weighted by atomic mass is 10.2. The maximum atomic E-state index is 5.31. The van der Waals surface area contributed by atoms with Crippen molar-refractivity contribution in [3.63, 3.8) is 0 Å². The van der Waals surface area contributed by atoms with Gasteiger partial charge in [0.25, 0.3) is 0 Å². The number of hydrogen-bond donors (Lipinski definition) is 1. The van der Waals surface area contributed by atoms with E-state index in [1.54, 1.807) is 6.26 Å². The predicted molar refractivity (Wildman–Crippen MR) is 62.7 cm³/mol. The molecule has 1 aromatic rings. The molecule has 1 unspecified atom stereocenters. The average Bonchev–Trinajstić information content (AvgIpc) is 2.70. The second kappa shape index (κ2) is 6.96. The zero-order valence-electron chi connectivity index (χ0n) is 8.95. The second-order valence-electron chi connectivity index (χ2n) is 3.39. The van der Waals surface area contributed by atoms with E-state index in [0.29, 0.717) is 6.04 Å². The summed E-state index contributed by atoms with van der Waals surface area (Å²) in [5.74, 6) is 2.28. The van der Waals surface area contributed by atoms with Crippen LogP contribution in [0.3, 0.4) is 0 Å². The lowest BCUT2D eigenvalue weighted by Crippen LogP contribution is -2.19. The molecule has 1 atom stereocenters. The first-order chi connectivity index (χ1) is 6.84. The number of furan rings is 1. The van der Waals surface area contributed by atoms with Crippen LogP contribution in [0, 0.1) is 0 Å². The van der Waals surface area contributed by atoms with Crippen LogP contribution >= 0.6 is 11.8 Å². The molecule has 0 saturated heterocycles. The standard InChI is InChI=1S/C11H19NOS/c1-10(11-6-5-8-13-11)12-7-3-4-9-14-2/h5-6,8,10,12H,3-4,7,9H2,1-2H3. The first-order valence-corrected chi connectivity index (χ1v) is 6.49. The Morgan fingerprint density at radius 1 is 1.50 bits per heavy atom. The van der Waals surface area contributed by atoms with Crippen LogP contribution in [0.1, 0.15) is 31.6 Å². The van der Waals surface area contributed by atoms with E-state index in [-0.39, 0.29) is 0 Å². The third-order valence-corrected chi connectivity index (χ3v) is 2.89. The van der Waals surface area contributed by atoms with Crippen LogP contribution in [-0.2, 0) is 0 Å². The SMILES string of the molecule is CSCCCCNC(C)c1ccco1. The minimum absolute atomic E-state index is 0.333. The van der Waals surface area contributed by atoms with E-state index in [9.17, 15) is 0 Å². The molecule has 14 heavy (non-hydrogen) atoms. The van der Waals surface area contributed by atoms with E-state index in [1.807, 2.05) is 23.9 Å². The molecule has 0 spiro atoms. The molecule has 0 aromatic carbocycles. The number of thioether (sulfide) groups is 1. The summed E-state index contributed by atoms with van der Waals surface area (Å²) in [6.45, 7) is 3.20. The van der Waals surface area contributed by atoms with Gasteiger partial charge in [-0.2, -0.15) is 11.8 Å². The minimum atomic E-state index is 0.333. The average molecular weight is 213 g/mol. The van der Waals surface area contributed by atoms with Crippen LogP contribution in [0.2, 0.25) is 0 Å². The first-order valence-electron chi connectivity index (χ1n) is 5.10. The third-order valence-electron chi connectivity index (χ3n) is 2.20. The summed E-state index contributed by atoms with van der Waals surface area (Å²) >= 11 is 1.91. The number of hydrogen-bond acceptors (Lipinski definition) is 3. The van der Waals surface area contributed by atoms with Crippen LogP contribution < -0.4 is 5.32 Å². The molecule has 0 aliphatic carbocycles. The van der Waals surface area contributed by atoms with Crippen LogP contribution in [0.15, 0.2) is 22.8 Å². The Morgan fingerprint density at radius 3 is 3.00 bits per heavy atom. The van der Waals surface area contributed by atoms with E-state index in [1.165, 1.54) is 18.6 Å². The highest BCUT2D eigenvalue weighted by Gasteiger charge is 2.05. The molecule has 0 saturated carbocycles.